The predicted octanol–water partition coefficient (Wildman–Crippen LogP) is 3.33. The van der Waals surface area contributed by atoms with Gasteiger partial charge in [-0.15, -0.1) is 0 Å². The molecule has 9 nitrogen and oxygen atoms in total. The van der Waals surface area contributed by atoms with E-state index in [4.69, 9.17) is 14.2 Å². The lowest BCUT2D eigenvalue weighted by Gasteiger charge is -2.12. The molecule has 176 valence electrons. The molecule has 0 fully saturated rings. The number of ether oxygens (including phenoxy) is 3. The molecule has 0 atom stereocenters. The second kappa shape index (κ2) is 11.6. The number of aromatic nitrogens is 2. The molecular weight excluding hydrogens is 436 g/mol. The maximum Gasteiger partial charge on any atom is 0.269 e. The second-order valence-corrected chi connectivity index (χ2v) is 7.52. The van der Waals surface area contributed by atoms with Gasteiger partial charge in [-0.2, -0.15) is 10.2 Å². The molecule has 0 aliphatic carbocycles. The molecule has 1 N–H and O–H groups in total. The molecule has 0 unspecified atom stereocenters. The topological polar surface area (TPSA) is 115 Å². The molecule has 1 amide bonds. The van der Waals surface area contributed by atoms with Crippen molar-refractivity contribution in [3.63, 3.8) is 0 Å². The van der Waals surface area contributed by atoms with Crippen molar-refractivity contribution in [2.24, 2.45) is 0 Å². The minimum absolute atomic E-state index is 0.0375. The smallest absolute Gasteiger partial charge is 0.269 e. The number of carbonyl (C=O) groups excluding carboxylic acids is 1. The lowest BCUT2D eigenvalue weighted by atomic mass is 10.1. The van der Waals surface area contributed by atoms with E-state index in [0.717, 1.165) is 0 Å². The molecule has 0 aliphatic heterocycles. The van der Waals surface area contributed by atoms with Crippen LogP contribution in [0.15, 0.2) is 59.0 Å². The van der Waals surface area contributed by atoms with Crippen LogP contribution in [-0.2, 0) is 9.53 Å². The Balaban J connectivity index is 1.97. The van der Waals surface area contributed by atoms with Crippen LogP contribution in [-0.4, -0.2) is 41.7 Å². The molecule has 0 aliphatic rings. The summed E-state index contributed by atoms with van der Waals surface area (Å²) in [6, 6.07) is 13.8. The zero-order valence-electron chi connectivity index (χ0n) is 19.3. The van der Waals surface area contributed by atoms with Gasteiger partial charge < -0.3 is 19.5 Å². The summed E-state index contributed by atoms with van der Waals surface area (Å²) in [5, 5.41) is 12.3. The predicted molar refractivity (Wildman–Crippen MR) is 127 cm³/mol. The second-order valence-electron chi connectivity index (χ2n) is 7.52. The molecule has 0 saturated heterocycles. The molecule has 9 heteroatoms. The summed E-state index contributed by atoms with van der Waals surface area (Å²) < 4.78 is 18.0. The molecule has 0 radical (unpaired) electrons. The SMILES string of the molecule is COc1ccccc1Oc1nc2ccccn2c(=O)c1/C=C(\C#N)C(=O)NCCCOC(C)C. The third-order valence-electron chi connectivity index (χ3n) is 4.72. The van der Waals surface area contributed by atoms with Gasteiger partial charge in [0.25, 0.3) is 11.5 Å². The Hall–Kier alpha value is -4.16. The Kier molecular flexibility index (Phi) is 8.37. The molecule has 1 aromatic carbocycles. The Morgan fingerprint density at radius 1 is 1.21 bits per heavy atom. The zero-order chi connectivity index (χ0) is 24.5. The van der Waals surface area contributed by atoms with E-state index >= 15 is 0 Å². The van der Waals surface area contributed by atoms with Crippen molar-refractivity contribution in [1.82, 2.24) is 14.7 Å². The number of benzene rings is 1. The van der Waals surface area contributed by atoms with Crippen molar-refractivity contribution in [3.05, 3.63) is 70.2 Å². The summed E-state index contributed by atoms with van der Waals surface area (Å²) in [4.78, 5) is 30.3. The average Bonchev–Trinajstić information content (AvgIpc) is 2.84. The first kappa shape index (κ1) is 24.5. The lowest BCUT2D eigenvalue weighted by molar-refractivity contribution is -0.117. The Labute approximate surface area is 197 Å². The van der Waals surface area contributed by atoms with Gasteiger partial charge in [0.2, 0.25) is 5.88 Å². The highest BCUT2D eigenvalue weighted by molar-refractivity contribution is 6.01. The minimum Gasteiger partial charge on any atom is -0.493 e. The highest BCUT2D eigenvalue weighted by Crippen LogP contribution is 2.31. The van der Waals surface area contributed by atoms with E-state index in [1.54, 1.807) is 48.7 Å². The fraction of sp³-hybridized carbons (Fsp3) is 0.280. The number of carbonyl (C=O) groups is 1. The van der Waals surface area contributed by atoms with Crippen LogP contribution in [0.2, 0.25) is 0 Å². The number of nitrogens with zero attached hydrogens (tertiary/aromatic N) is 3. The van der Waals surface area contributed by atoms with E-state index in [2.05, 4.69) is 10.3 Å². The molecule has 2 heterocycles. The first-order valence-corrected chi connectivity index (χ1v) is 10.8. The van der Waals surface area contributed by atoms with Crippen LogP contribution in [0.1, 0.15) is 25.8 Å². The van der Waals surface area contributed by atoms with Crippen molar-refractivity contribution in [3.8, 4) is 23.4 Å². The molecule has 0 saturated carbocycles. The maximum atomic E-state index is 13.2. The summed E-state index contributed by atoms with van der Waals surface area (Å²) >= 11 is 0. The number of methoxy groups -OCH3 is 1. The van der Waals surface area contributed by atoms with E-state index in [9.17, 15) is 14.9 Å². The quantitative estimate of drug-likeness (QED) is 0.279. The fourth-order valence-electron chi connectivity index (χ4n) is 3.07. The summed E-state index contributed by atoms with van der Waals surface area (Å²) in [5.74, 6) is 0.119. The number of hydrogen-bond donors (Lipinski definition) is 1. The summed E-state index contributed by atoms with van der Waals surface area (Å²) in [7, 11) is 1.50. The Bertz CT molecular complexity index is 1290. The van der Waals surface area contributed by atoms with Gasteiger partial charge in [-0.25, -0.2) is 0 Å². The van der Waals surface area contributed by atoms with E-state index in [-0.39, 0.29) is 23.1 Å². The van der Waals surface area contributed by atoms with Gasteiger partial charge in [0.05, 0.1) is 13.2 Å². The number of amides is 1. The highest BCUT2D eigenvalue weighted by Gasteiger charge is 2.18. The Morgan fingerprint density at radius 2 is 1.94 bits per heavy atom. The first-order valence-electron chi connectivity index (χ1n) is 10.8. The number of nitrogens with one attached hydrogen (secondary N) is 1. The van der Waals surface area contributed by atoms with Crippen molar-refractivity contribution in [1.29, 1.82) is 5.26 Å². The first-order chi connectivity index (χ1) is 16.4. The van der Waals surface area contributed by atoms with Crippen molar-refractivity contribution >= 4 is 17.6 Å². The van der Waals surface area contributed by atoms with E-state index < -0.39 is 11.5 Å². The molecule has 0 spiro atoms. The van der Waals surface area contributed by atoms with Gasteiger partial charge in [0, 0.05) is 19.3 Å². The van der Waals surface area contributed by atoms with Crippen LogP contribution < -0.4 is 20.3 Å². The molecule has 0 bridgehead atoms. The molecule has 2 aromatic heterocycles. The van der Waals surface area contributed by atoms with Gasteiger partial charge >= 0.3 is 0 Å². The van der Waals surface area contributed by atoms with Crippen LogP contribution in [0.5, 0.6) is 17.4 Å². The van der Waals surface area contributed by atoms with Gasteiger partial charge in [0.1, 0.15) is 22.9 Å². The standard InChI is InChI=1S/C25H26N4O5/c1-17(2)33-14-8-12-27-23(30)18(16-26)15-19-24(34-21-10-5-4-9-20(21)32-3)28-22-11-6-7-13-29(22)25(19)31/h4-7,9-11,13,15,17H,8,12,14H2,1-3H3,(H,27,30)/b18-15+. The van der Waals surface area contributed by atoms with E-state index in [1.807, 2.05) is 19.9 Å². The molecular formula is C25H26N4O5. The average molecular weight is 463 g/mol. The largest absolute Gasteiger partial charge is 0.493 e. The number of nitriles is 1. The number of fused-ring (bicyclic) bond motifs is 1. The summed E-state index contributed by atoms with van der Waals surface area (Å²) in [6.07, 6.45) is 3.43. The normalized spacial score (nSPS) is 11.3. The van der Waals surface area contributed by atoms with Crippen LogP contribution in [0.25, 0.3) is 11.7 Å². The van der Waals surface area contributed by atoms with Crippen LogP contribution in [0.3, 0.4) is 0 Å². The Morgan fingerprint density at radius 3 is 2.65 bits per heavy atom. The third kappa shape index (κ3) is 5.99. The van der Waals surface area contributed by atoms with Crippen LogP contribution >= 0.6 is 0 Å². The number of rotatable bonds is 10. The van der Waals surface area contributed by atoms with Crippen molar-refractivity contribution in [2.75, 3.05) is 20.3 Å². The number of para-hydroxylation sites is 2. The van der Waals surface area contributed by atoms with Crippen LogP contribution in [0.4, 0.5) is 0 Å². The van der Waals surface area contributed by atoms with E-state index in [1.165, 1.54) is 17.6 Å². The van der Waals surface area contributed by atoms with Crippen molar-refractivity contribution < 1.29 is 19.0 Å². The zero-order valence-corrected chi connectivity index (χ0v) is 19.3. The number of pyridine rings is 1. The van der Waals surface area contributed by atoms with Gasteiger partial charge in [-0.3, -0.25) is 14.0 Å². The summed E-state index contributed by atoms with van der Waals surface area (Å²) in [6.45, 7) is 4.66. The van der Waals surface area contributed by atoms with Gasteiger partial charge in [0.15, 0.2) is 11.5 Å². The maximum absolute atomic E-state index is 13.2. The summed E-state index contributed by atoms with van der Waals surface area (Å²) in [5.41, 5.74) is -0.419. The van der Waals surface area contributed by atoms with E-state index in [0.29, 0.717) is 36.7 Å². The van der Waals surface area contributed by atoms with Gasteiger partial charge in [-0.1, -0.05) is 18.2 Å². The lowest BCUT2D eigenvalue weighted by Crippen LogP contribution is -2.27. The molecule has 3 rings (SSSR count). The highest BCUT2D eigenvalue weighted by atomic mass is 16.5. The minimum atomic E-state index is -0.604. The monoisotopic (exact) mass is 462 g/mol. The fourth-order valence-corrected chi connectivity index (χ4v) is 3.07. The molecule has 3 aromatic rings. The number of hydrogen-bond acceptors (Lipinski definition) is 7. The third-order valence-corrected chi connectivity index (χ3v) is 4.72. The van der Waals surface area contributed by atoms with Gasteiger partial charge in [-0.05, 0) is 50.6 Å². The van der Waals surface area contributed by atoms with Crippen molar-refractivity contribution in [2.45, 2.75) is 26.4 Å². The van der Waals surface area contributed by atoms with Crippen LogP contribution in [0, 0.1) is 11.3 Å². The molecule has 34 heavy (non-hydrogen) atoms.